The van der Waals surface area contributed by atoms with Crippen molar-refractivity contribution in [3.05, 3.63) is 58.2 Å². The third-order valence-electron chi connectivity index (χ3n) is 4.65. The van der Waals surface area contributed by atoms with Crippen molar-refractivity contribution in [1.82, 2.24) is 4.31 Å². The van der Waals surface area contributed by atoms with Gasteiger partial charge in [0.1, 0.15) is 10.7 Å². The fourth-order valence-electron chi connectivity index (χ4n) is 2.99. The fraction of sp³-hybridized carbons (Fsp3) is 0.238. The van der Waals surface area contributed by atoms with E-state index in [0.717, 1.165) is 15.6 Å². The number of fused-ring (bicyclic) bond motifs is 1. The normalized spacial score (nSPS) is 11.7. The number of sulfonamides is 1. The first-order valence-corrected chi connectivity index (χ1v) is 11.5. The van der Waals surface area contributed by atoms with Crippen LogP contribution in [0.5, 0.6) is 0 Å². The highest BCUT2D eigenvalue weighted by atomic mass is 32.2. The van der Waals surface area contributed by atoms with E-state index in [0.29, 0.717) is 21.2 Å². The van der Waals surface area contributed by atoms with Gasteiger partial charge in [-0.25, -0.2) is 21.9 Å². The summed E-state index contributed by atoms with van der Waals surface area (Å²) in [5, 5.41) is 2.88. The summed E-state index contributed by atoms with van der Waals surface area (Å²) in [5.41, 5.74) is 1.25. The van der Waals surface area contributed by atoms with E-state index in [4.69, 9.17) is 4.74 Å². The van der Waals surface area contributed by atoms with Crippen LogP contribution in [0.25, 0.3) is 10.1 Å². The largest absolute Gasteiger partial charge is 0.451 e. The molecule has 0 fully saturated rings. The molecule has 31 heavy (non-hydrogen) atoms. The summed E-state index contributed by atoms with van der Waals surface area (Å²) in [6.45, 7) is 2.70. The zero-order chi connectivity index (χ0) is 22.9. The Labute approximate surface area is 183 Å². The van der Waals surface area contributed by atoms with Crippen molar-refractivity contribution in [3.8, 4) is 0 Å². The number of nitrogens with one attached hydrogen (secondary N) is 1. The summed E-state index contributed by atoms with van der Waals surface area (Å²) in [7, 11) is -0.845. The van der Waals surface area contributed by atoms with Crippen molar-refractivity contribution >= 4 is 49.0 Å². The maximum absolute atomic E-state index is 14.0. The van der Waals surface area contributed by atoms with Gasteiger partial charge in [0.25, 0.3) is 5.91 Å². The Morgan fingerprint density at radius 3 is 2.52 bits per heavy atom. The summed E-state index contributed by atoms with van der Waals surface area (Å²) in [4.78, 5) is 24.9. The second-order valence-electron chi connectivity index (χ2n) is 7.06. The minimum Gasteiger partial charge on any atom is -0.451 e. The van der Waals surface area contributed by atoms with E-state index in [1.165, 1.54) is 26.2 Å². The number of benzene rings is 2. The minimum atomic E-state index is -3.68. The molecule has 0 saturated carbocycles. The predicted octanol–water partition coefficient (Wildman–Crippen LogP) is 3.70. The van der Waals surface area contributed by atoms with Gasteiger partial charge in [0.2, 0.25) is 10.0 Å². The van der Waals surface area contributed by atoms with Gasteiger partial charge in [-0.3, -0.25) is 4.79 Å². The molecule has 3 rings (SSSR count). The van der Waals surface area contributed by atoms with Crippen molar-refractivity contribution in [2.24, 2.45) is 0 Å². The second-order valence-corrected chi connectivity index (χ2v) is 10.2. The Morgan fingerprint density at radius 1 is 1.16 bits per heavy atom. The zero-order valence-corrected chi connectivity index (χ0v) is 19.0. The maximum atomic E-state index is 14.0. The molecule has 10 heteroatoms. The fourth-order valence-corrected chi connectivity index (χ4v) is 5.26. The summed E-state index contributed by atoms with van der Waals surface area (Å²) in [5.74, 6) is -1.78. The number of thiophene rings is 1. The van der Waals surface area contributed by atoms with Crippen molar-refractivity contribution in [2.45, 2.75) is 18.7 Å². The van der Waals surface area contributed by atoms with Gasteiger partial charge in [0, 0.05) is 29.9 Å². The third-order valence-corrected chi connectivity index (χ3v) is 7.85. The third kappa shape index (κ3) is 4.60. The molecule has 7 nitrogen and oxygen atoms in total. The Bertz CT molecular complexity index is 1280. The van der Waals surface area contributed by atoms with Gasteiger partial charge in [-0.15, -0.1) is 11.3 Å². The van der Waals surface area contributed by atoms with Crippen LogP contribution in [0.3, 0.4) is 0 Å². The summed E-state index contributed by atoms with van der Waals surface area (Å²) in [6, 6.07) is 9.06. The SMILES string of the molecule is Cc1ccc(NC(=O)COC(=O)c2sc3cccc(F)c3c2C)cc1S(=O)(=O)N(C)C. The van der Waals surface area contributed by atoms with E-state index >= 15 is 0 Å². The van der Waals surface area contributed by atoms with Gasteiger partial charge in [-0.05, 0) is 49.2 Å². The number of ether oxygens (including phenoxy) is 1. The van der Waals surface area contributed by atoms with Crippen LogP contribution in [0.15, 0.2) is 41.3 Å². The van der Waals surface area contributed by atoms with Gasteiger partial charge in [0.05, 0.1) is 4.90 Å². The van der Waals surface area contributed by atoms with Crippen molar-refractivity contribution in [1.29, 1.82) is 0 Å². The van der Waals surface area contributed by atoms with Crippen LogP contribution in [-0.2, 0) is 19.6 Å². The molecule has 0 aliphatic carbocycles. The Kier molecular flexibility index (Phi) is 6.44. The Balaban J connectivity index is 1.71. The molecule has 1 heterocycles. The average Bonchev–Trinajstić information content (AvgIpc) is 3.05. The topological polar surface area (TPSA) is 92.8 Å². The molecular formula is C21H21FN2O5S2. The first-order valence-electron chi connectivity index (χ1n) is 9.20. The molecule has 2 aromatic carbocycles. The summed E-state index contributed by atoms with van der Waals surface area (Å²) >= 11 is 1.09. The first-order chi connectivity index (χ1) is 14.5. The number of amides is 1. The Morgan fingerprint density at radius 2 is 1.87 bits per heavy atom. The minimum absolute atomic E-state index is 0.0650. The lowest BCUT2D eigenvalue weighted by atomic mass is 10.1. The highest BCUT2D eigenvalue weighted by Crippen LogP contribution is 2.33. The van der Waals surface area contributed by atoms with Gasteiger partial charge < -0.3 is 10.1 Å². The van der Waals surface area contributed by atoms with E-state index in [1.54, 1.807) is 38.1 Å². The van der Waals surface area contributed by atoms with Gasteiger partial charge >= 0.3 is 5.97 Å². The quantitative estimate of drug-likeness (QED) is 0.562. The van der Waals surface area contributed by atoms with Crippen LogP contribution in [0.2, 0.25) is 0 Å². The van der Waals surface area contributed by atoms with Crippen LogP contribution in [0.4, 0.5) is 10.1 Å². The lowest BCUT2D eigenvalue weighted by Crippen LogP contribution is -2.24. The van der Waals surface area contributed by atoms with E-state index in [-0.39, 0.29) is 15.5 Å². The number of rotatable bonds is 6. The number of nitrogens with zero attached hydrogens (tertiary/aromatic N) is 1. The van der Waals surface area contributed by atoms with Crippen LogP contribution >= 0.6 is 11.3 Å². The number of aryl methyl sites for hydroxylation is 2. The first kappa shape index (κ1) is 22.9. The van der Waals surface area contributed by atoms with Gasteiger partial charge in [-0.1, -0.05) is 12.1 Å². The Hall–Kier alpha value is -2.82. The number of hydrogen-bond acceptors (Lipinski definition) is 6. The number of anilines is 1. The van der Waals surface area contributed by atoms with E-state index in [1.807, 2.05) is 0 Å². The van der Waals surface area contributed by atoms with E-state index < -0.39 is 34.3 Å². The molecule has 1 N–H and O–H groups in total. The van der Waals surface area contributed by atoms with Crippen molar-refractivity contribution < 1.29 is 27.1 Å². The van der Waals surface area contributed by atoms with E-state index in [2.05, 4.69) is 5.32 Å². The van der Waals surface area contributed by atoms with Crippen LogP contribution in [0.1, 0.15) is 20.8 Å². The molecule has 0 aliphatic heterocycles. The number of esters is 1. The highest BCUT2D eigenvalue weighted by molar-refractivity contribution is 7.89. The molecular weight excluding hydrogens is 443 g/mol. The molecule has 1 amide bonds. The number of hydrogen-bond donors (Lipinski definition) is 1. The van der Waals surface area contributed by atoms with Crippen LogP contribution in [-0.4, -0.2) is 45.3 Å². The molecule has 3 aromatic rings. The molecule has 0 saturated heterocycles. The van der Waals surface area contributed by atoms with Gasteiger partial charge in [0.15, 0.2) is 6.61 Å². The average molecular weight is 465 g/mol. The monoisotopic (exact) mass is 464 g/mol. The predicted molar refractivity (Wildman–Crippen MR) is 117 cm³/mol. The van der Waals surface area contributed by atoms with Crippen molar-refractivity contribution in [2.75, 3.05) is 26.0 Å². The zero-order valence-electron chi connectivity index (χ0n) is 17.4. The highest BCUT2D eigenvalue weighted by Gasteiger charge is 2.22. The molecule has 0 bridgehead atoms. The number of carbonyl (C=O) groups excluding carboxylic acids is 2. The molecule has 0 aliphatic rings. The second kappa shape index (κ2) is 8.74. The van der Waals surface area contributed by atoms with E-state index in [9.17, 15) is 22.4 Å². The molecule has 0 radical (unpaired) electrons. The van der Waals surface area contributed by atoms with Gasteiger partial charge in [-0.2, -0.15) is 0 Å². The maximum Gasteiger partial charge on any atom is 0.349 e. The van der Waals surface area contributed by atoms with Crippen molar-refractivity contribution in [3.63, 3.8) is 0 Å². The molecule has 0 atom stereocenters. The summed E-state index contributed by atoms with van der Waals surface area (Å²) in [6.07, 6.45) is 0. The standard InChI is InChI=1S/C21H21FN2O5S2/c1-12-8-9-14(10-17(12)31(27,28)24(3)4)23-18(25)11-29-21(26)20-13(2)19-15(22)6-5-7-16(19)30-20/h5-10H,11H2,1-4H3,(H,23,25). The molecule has 0 spiro atoms. The number of halogens is 1. The number of carbonyl (C=O) groups is 2. The van der Waals surface area contributed by atoms with Crippen LogP contribution < -0.4 is 5.32 Å². The lowest BCUT2D eigenvalue weighted by Gasteiger charge is -2.15. The summed E-state index contributed by atoms with van der Waals surface area (Å²) < 4.78 is 45.6. The lowest BCUT2D eigenvalue weighted by molar-refractivity contribution is -0.119. The molecule has 0 unspecified atom stereocenters. The smallest absolute Gasteiger partial charge is 0.349 e. The molecule has 1 aromatic heterocycles. The molecule has 164 valence electrons. The van der Waals surface area contributed by atoms with Crippen LogP contribution in [0, 0.1) is 19.7 Å².